The number of hydrogen-bond acceptors (Lipinski definition) is 1. The first-order valence-corrected chi connectivity index (χ1v) is 7.70. The van der Waals surface area contributed by atoms with E-state index in [1.54, 1.807) is 0 Å². The molecule has 2 aliphatic carbocycles. The highest BCUT2D eigenvalue weighted by atomic mass is 16.2. The Morgan fingerprint density at radius 3 is 2.61 bits per heavy atom. The highest BCUT2D eigenvalue weighted by Gasteiger charge is 2.40. The molecule has 2 saturated carbocycles. The summed E-state index contributed by atoms with van der Waals surface area (Å²) >= 11 is 0. The van der Waals surface area contributed by atoms with E-state index in [9.17, 15) is 4.79 Å². The van der Waals surface area contributed by atoms with Gasteiger partial charge in [-0.05, 0) is 57.3 Å². The molecule has 0 N–H and O–H groups in total. The number of amides is 1. The van der Waals surface area contributed by atoms with Crippen LogP contribution in [0.15, 0.2) is 12.2 Å². The van der Waals surface area contributed by atoms with E-state index in [0.29, 0.717) is 11.8 Å². The van der Waals surface area contributed by atoms with Crippen LogP contribution >= 0.6 is 0 Å². The van der Waals surface area contributed by atoms with Crippen LogP contribution in [-0.4, -0.2) is 23.9 Å². The third-order valence-corrected chi connectivity index (χ3v) is 4.25. The summed E-state index contributed by atoms with van der Waals surface area (Å²) in [7, 11) is 0. The first kappa shape index (κ1) is 13.6. The fraction of sp³-hybridized carbons (Fsp3) is 0.812. The fourth-order valence-electron chi connectivity index (χ4n) is 2.73. The SMILES string of the molecule is CCC=CCCC1CC1CN(CC)C(=O)C1CC1. The monoisotopic (exact) mass is 249 g/mol. The van der Waals surface area contributed by atoms with Gasteiger partial charge in [-0.3, -0.25) is 4.79 Å². The van der Waals surface area contributed by atoms with E-state index in [0.717, 1.165) is 44.2 Å². The van der Waals surface area contributed by atoms with Crippen molar-refractivity contribution in [3.63, 3.8) is 0 Å². The number of carbonyl (C=O) groups excluding carboxylic acids is 1. The molecule has 2 aliphatic rings. The molecule has 0 aromatic rings. The summed E-state index contributed by atoms with van der Waals surface area (Å²) in [5.74, 6) is 2.49. The number of carbonyl (C=O) groups is 1. The van der Waals surface area contributed by atoms with Gasteiger partial charge in [-0.1, -0.05) is 19.1 Å². The maximum absolute atomic E-state index is 12.0. The Kier molecular flexibility index (Phi) is 4.85. The Morgan fingerprint density at radius 2 is 2.00 bits per heavy atom. The van der Waals surface area contributed by atoms with Gasteiger partial charge in [0.25, 0.3) is 0 Å². The fourth-order valence-corrected chi connectivity index (χ4v) is 2.73. The zero-order valence-corrected chi connectivity index (χ0v) is 11.9. The lowest BCUT2D eigenvalue weighted by Gasteiger charge is -2.20. The largest absolute Gasteiger partial charge is 0.342 e. The minimum atomic E-state index is 0.384. The van der Waals surface area contributed by atoms with Crippen molar-refractivity contribution >= 4 is 5.91 Å². The molecule has 2 heteroatoms. The maximum atomic E-state index is 12.0. The van der Waals surface area contributed by atoms with E-state index in [2.05, 4.69) is 30.9 Å². The lowest BCUT2D eigenvalue weighted by Crippen LogP contribution is -2.34. The van der Waals surface area contributed by atoms with Crippen LogP contribution in [0.4, 0.5) is 0 Å². The molecule has 0 radical (unpaired) electrons. The quantitative estimate of drug-likeness (QED) is 0.602. The van der Waals surface area contributed by atoms with Gasteiger partial charge >= 0.3 is 0 Å². The Labute approximate surface area is 111 Å². The second kappa shape index (κ2) is 6.40. The van der Waals surface area contributed by atoms with Crippen molar-refractivity contribution in [2.45, 2.75) is 52.4 Å². The Morgan fingerprint density at radius 1 is 1.22 bits per heavy atom. The van der Waals surface area contributed by atoms with Crippen LogP contribution in [0.5, 0.6) is 0 Å². The van der Waals surface area contributed by atoms with Gasteiger partial charge in [0.2, 0.25) is 5.91 Å². The molecule has 0 heterocycles. The van der Waals surface area contributed by atoms with Crippen molar-refractivity contribution in [2.24, 2.45) is 17.8 Å². The zero-order chi connectivity index (χ0) is 13.0. The molecule has 2 unspecified atom stereocenters. The first-order valence-electron chi connectivity index (χ1n) is 7.70. The molecule has 2 nitrogen and oxygen atoms in total. The summed E-state index contributed by atoms with van der Waals surface area (Å²) < 4.78 is 0. The summed E-state index contributed by atoms with van der Waals surface area (Å²) in [5, 5.41) is 0. The highest BCUT2D eigenvalue weighted by molar-refractivity contribution is 5.81. The van der Waals surface area contributed by atoms with E-state index in [4.69, 9.17) is 0 Å². The zero-order valence-electron chi connectivity index (χ0n) is 11.9. The van der Waals surface area contributed by atoms with Gasteiger partial charge in [-0.15, -0.1) is 0 Å². The molecule has 0 aromatic carbocycles. The predicted molar refractivity (Wildman–Crippen MR) is 75.2 cm³/mol. The standard InChI is InChI=1S/C16H27NO/c1-3-5-6-7-8-14-11-15(14)12-17(4-2)16(18)13-9-10-13/h5-6,13-15H,3-4,7-12H2,1-2H3. The van der Waals surface area contributed by atoms with Crippen molar-refractivity contribution in [1.82, 2.24) is 4.90 Å². The summed E-state index contributed by atoms with van der Waals surface area (Å²) in [5.41, 5.74) is 0. The minimum Gasteiger partial charge on any atom is -0.342 e. The lowest BCUT2D eigenvalue weighted by atomic mass is 10.1. The van der Waals surface area contributed by atoms with Crippen molar-refractivity contribution in [1.29, 1.82) is 0 Å². The normalized spacial score (nSPS) is 26.6. The molecule has 0 aliphatic heterocycles. The molecule has 2 fully saturated rings. The molecule has 0 aromatic heterocycles. The Bertz CT molecular complexity index is 306. The maximum Gasteiger partial charge on any atom is 0.225 e. The van der Waals surface area contributed by atoms with Crippen LogP contribution in [0.2, 0.25) is 0 Å². The van der Waals surface area contributed by atoms with Crippen LogP contribution in [0, 0.1) is 17.8 Å². The molecular formula is C16H27NO. The molecule has 0 bridgehead atoms. The van der Waals surface area contributed by atoms with Gasteiger partial charge in [0, 0.05) is 19.0 Å². The highest BCUT2D eigenvalue weighted by Crippen LogP contribution is 2.43. The van der Waals surface area contributed by atoms with E-state index >= 15 is 0 Å². The molecule has 102 valence electrons. The van der Waals surface area contributed by atoms with Crippen LogP contribution in [-0.2, 0) is 4.79 Å². The number of nitrogens with zero attached hydrogens (tertiary/aromatic N) is 1. The molecule has 0 spiro atoms. The number of hydrogen-bond donors (Lipinski definition) is 0. The second-order valence-electron chi connectivity index (χ2n) is 5.86. The van der Waals surface area contributed by atoms with Crippen molar-refractivity contribution < 1.29 is 4.79 Å². The van der Waals surface area contributed by atoms with Gasteiger partial charge in [-0.25, -0.2) is 0 Å². The van der Waals surface area contributed by atoms with E-state index in [-0.39, 0.29) is 0 Å². The minimum absolute atomic E-state index is 0.384. The van der Waals surface area contributed by atoms with Gasteiger partial charge in [0.15, 0.2) is 0 Å². The van der Waals surface area contributed by atoms with Crippen molar-refractivity contribution in [2.75, 3.05) is 13.1 Å². The molecule has 2 rings (SSSR count). The average Bonchev–Trinajstić information content (AvgIpc) is 3.26. The Hall–Kier alpha value is -0.790. The predicted octanol–water partition coefficient (Wildman–Crippen LogP) is 3.63. The third kappa shape index (κ3) is 3.86. The van der Waals surface area contributed by atoms with Crippen LogP contribution in [0.3, 0.4) is 0 Å². The summed E-state index contributed by atoms with van der Waals surface area (Å²) in [6, 6.07) is 0. The smallest absolute Gasteiger partial charge is 0.225 e. The topological polar surface area (TPSA) is 20.3 Å². The number of rotatable bonds is 8. The van der Waals surface area contributed by atoms with Crippen molar-refractivity contribution in [3.8, 4) is 0 Å². The van der Waals surface area contributed by atoms with Gasteiger partial charge < -0.3 is 4.90 Å². The molecule has 18 heavy (non-hydrogen) atoms. The average molecular weight is 249 g/mol. The molecule has 0 saturated heterocycles. The number of allylic oxidation sites excluding steroid dienone is 2. The molecular weight excluding hydrogens is 222 g/mol. The molecule has 2 atom stereocenters. The first-order chi connectivity index (χ1) is 8.76. The summed E-state index contributed by atoms with van der Waals surface area (Å²) in [6.07, 6.45) is 11.8. The van der Waals surface area contributed by atoms with Gasteiger partial charge in [-0.2, -0.15) is 0 Å². The van der Waals surface area contributed by atoms with Crippen LogP contribution in [0.25, 0.3) is 0 Å². The van der Waals surface area contributed by atoms with Crippen LogP contribution in [0.1, 0.15) is 52.4 Å². The second-order valence-corrected chi connectivity index (χ2v) is 5.86. The summed E-state index contributed by atoms with van der Waals surface area (Å²) in [6.45, 7) is 6.21. The third-order valence-electron chi connectivity index (χ3n) is 4.25. The van der Waals surface area contributed by atoms with E-state index in [1.165, 1.54) is 19.3 Å². The van der Waals surface area contributed by atoms with Crippen molar-refractivity contribution in [3.05, 3.63) is 12.2 Å². The summed E-state index contributed by atoms with van der Waals surface area (Å²) in [4.78, 5) is 14.1. The van der Waals surface area contributed by atoms with Gasteiger partial charge in [0.05, 0.1) is 0 Å². The van der Waals surface area contributed by atoms with Gasteiger partial charge in [0.1, 0.15) is 0 Å². The Balaban J connectivity index is 1.64. The lowest BCUT2D eigenvalue weighted by molar-refractivity contribution is -0.132. The van der Waals surface area contributed by atoms with E-state index < -0.39 is 0 Å². The van der Waals surface area contributed by atoms with E-state index in [1.807, 2.05) is 0 Å². The van der Waals surface area contributed by atoms with Crippen LogP contribution < -0.4 is 0 Å². The molecule has 1 amide bonds.